The first-order valence-corrected chi connectivity index (χ1v) is 9.18. The van der Waals surface area contributed by atoms with Gasteiger partial charge in [0.1, 0.15) is 0 Å². The Balaban J connectivity index is 1.62. The number of piperazine rings is 1. The van der Waals surface area contributed by atoms with Gasteiger partial charge >= 0.3 is 0 Å². The molecule has 1 aromatic carbocycles. The lowest BCUT2D eigenvalue weighted by Crippen LogP contribution is -2.46. The fourth-order valence-corrected chi connectivity index (χ4v) is 2.99. The number of methoxy groups -OCH3 is 2. The first-order valence-electron chi connectivity index (χ1n) is 9.18. The zero-order valence-corrected chi connectivity index (χ0v) is 16.0. The van der Waals surface area contributed by atoms with E-state index in [1.807, 2.05) is 6.07 Å². The molecule has 0 atom stereocenters. The van der Waals surface area contributed by atoms with Gasteiger partial charge in [0.2, 0.25) is 0 Å². The molecule has 1 aliphatic heterocycles. The summed E-state index contributed by atoms with van der Waals surface area (Å²) in [7, 11) is 3.32. The maximum atomic E-state index is 8.62. The number of rotatable bonds is 12. The molecule has 1 fully saturated rings. The van der Waals surface area contributed by atoms with Crippen molar-refractivity contribution in [3.8, 4) is 11.5 Å². The molecule has 148 valence electrons. The Hall–Kier alpha value is -1.38. The van der Waals surface area contributed by atoms with Crippen molar-refractivity contribution in [2.75, 3.05) is 80.0 Å². The van der Waals surface area contributed by atoms with Crippen molar-refractivity contribution >= 4 is 0 Å². The van der Waals surface area contributed by atoms with Crippen LogP contribution in [-0.2, 0) is 16.0 Å². The van der Waals surface area contributed by atoms with E-state index in [1.54, 1.807) is 14.2 Å². The van der Waals surface area contributed by atoms with Gasteiger partial charge < -0.3 is 24.1 Å². The van der Waals surface area contributed by atoms with Crippen molar-refractivity contribution in [1.82, 2.24) is 9.80 Å². The Morgan fingerprint density at radius 3 is 2.15 bits per heavy atom. The van der Waals surface area contributed by atoms with Crippen molar-refractivity contribution in [2.24, 2.45) is 0 Å². The number of hydrogen-bond acceptors (Lipinski definition) is 7. The number of hydrogen-bond donors (Lipinski definition) is 1. The van der Waals surface area contributed by atoms with Crippen molar-refractivity contribution in [3.05, 3.63) is 23.8 Å². The van der Waals surface area contributed by atoms with E-state index in [2.05, 4.69) is 21.9 Å². The maximum Gasteiger partial charge on any atom is 0.161 e. The number of benzene rings is 1. The van der Waals surface area contributed by atoms with E-state index < -0.39 is 0 Å². The zero-order chi connectivity index (χ0) is 18.6. The van der Waals surface area contributed by atoms with E-state index >= 15 is 0 Å². The van der Waals surface area contributed by atoms with Gasteiger partial charge in [0.25, 0.3) is 0 Å². The summed E-state index contributed by atoms with van der Waals surface area (Å²) in [6, 6.07) is 6.12. The molecule has 26 heavy (non-hydrogen) atoms. The van der Waals surface area contributed by atoms with E-state index in [1.165, 1.54) is 5.56 Å². The van der Waals surface area contributed by atoms with Crippen LogP contribution in [0.3, 0.4) is 0 Å². The lowest BCUT2D eigenvalue weighted by atomic mass is 10.1. The van der Waals surface area contributed by atoms with E-state index in [4.69, 9.17) is 24.1 Å². The van der Waals surface area contributed by atoms with Crippen LogP contribution in [0, 0.1) is 0 Å². The fraction of sp³-hybridized carbons (Fsp3) is 0.684. The normalized spacial score (nSPS) is 16.0. The fourth-order valence-electron chi connectivity index (χ4n) is 2.99. The van der Waals surface area contributed by atoms with Crippen molar-refractivity contribution < 1.29 is 24.1 Å². The third kappa shape index (κ3) is 7.09. The molecule has 0 unspecified atom stereocenters. The number of aliphatic hydroxyl groups is 1. The average Bonchev–Trinajstić information content (AvgIpc) is 2.68. The van der Waals surface area contributed by atoms with Gasteiger partial charge in [-0.2, -0.15) is 0 Å². The molecule has 2 rings (SSSR count). The van der Waals surface area contributed by atoms with Crippen LogP contribution in [0.4, 0.5) is 0 Å². The Morgan fingerprint density at radius 2 is 1.50 bits per heavy atom. The molecular formula is C19H32N2O5. The third-order valence-corrected chi connectivity index (χ3v) is 4.48. The highest BCUT2D eigenvalue weighted by Gasteiger charge is 2.17. The van der Waals surface area contributed by atoms with Crippen LogP contribution in [0.1, 0.15) is 5.56 Å². The summed E-state index contributed by atoms with van der Waals surface area (Å²) >= 11 is 0. The molecule has 0 bridgehead atoms. The van der Waals surface area contributed by atoms with Gasteiger partial charge in [-0.3, -0.25) is 9.80 Å². The Kier molecular flexibility index (Phi) is 9.73. The second-order valence-electron chi connectivity index (χ2n) is 6.26. The number of nitrogens with zero attached hydrogens (tertiary/aromatic N) is 2. The molecular weight excluding hydrogens is 336 g/mol. The molecule has 0 spiro atoms. The lowest BCUT2D eigenvalue weighted by molar-refractivity contribution is 0.0214. The highest BCUT2D eigenvalue weighted by Crippen LogP contribution is 2.28. The molecule has 0 aliphatic carbocycles. The summed E-state index contributed by atoms with van der Waals surface area (Å²) in [6.45, 7) is 8.37. The van der Waals surface area contributed by atoms with Crippen LogP contribution < -0.4 is 9.47 Å². The predicted octanol–water partition coefficient (Wildman–Crippen LogP) is 0.847. The van der Waals surface area contributed by atoms with Crippen LogP contribution in [0.25, 0.3) is 0 Å². The molecule has 7 heteroatoms. The summed E-state index contributed by atoms with van der Waals surface area (Å²) in [5.41, 5.74) is 1.24. The van der Waals surface area contributed by atoms with Crippen molar-refractivity contribution in [2.45, 2.75) is 6.54 Å². The Labute approximate surface area is 156 Å². The Morgan fingerprint density at radius 1 is 0.846 bits per heavy atom. The largest absolute Gasteiger partial charge is 0.493 e. The van der Waals surface area contributed by atoms with E-state index in [0.717, 1.165) is 57.4 Å². The van der Waals surface area contributed by atoms with Crippen molar-refractivity contribution in [3.63, 3.8) is 0 Å². The summed E-state index contributed by atoms with van der Waals surface area (Å²) in [5, 5.41) is 8.62. The monoisotopic (exact) mass is 368 g/mol. The topological polar surface area (TPSA) is 63.6 Å². The minimum atomic E-state index is 0.0631. The second kappa shape index (κ2) is 12.1. The first-order chi connectivity index (χ1) is 12.8. The standard InChI is InChI=1S/C19H32N2O5/c1-23-18-4-3-17(15-19(18)24-2)16-21-7-5-20(6-8-21)9-11-25-13-14-26-12-10-22/h3-4,15,22H,5-14,16H2,1-2H3. The van der Waals surface area contributed by atoms with E-state index in [9.17, 15) is 0 Å². The second-order valence-corrected chi connectivity index (χ2v) is 6.26. The summed E-state index contributed by atoms with van der Waals surface area (Å²) in [5.74, 6) is 1.55. The zero-order valence-electron chi connectivity index (χ0n) is 16.0. The van der Waals surface area contributed by atoms with Crippen LogP contribution >= 0.6 is 0 Å². The minimum Gasteiger partial charge on any atom is -0.493 e. The molecule has 0 saturated carbocycles. The molecule has 0 amide bonds. The Bertz CT molecular complexity index is 507. The predicted molar refractivity (Wildman–Crippen MR) is 100.0 cm³/mol. The van der Waals surface area contributed by atoms with Crippen LogP contribution in [0.15, 0.2) is 18.2 Å². The average molecular weight is 368 g/mol. The summed E-state index contributed by atoms with van der Waals surface area (Å²) in [4.78, 5) is 4.89. The van der Waals surface area contributed by atoms with Gasteiger partial charge in [-0.25, -0.2) is 0 Å². The van der Waals surface area contributed by atoms with Gasteiger partial charge in [0.05, 0.1) is 47.3 Å². The summed E-state index contributed by atoms with van der Waals surface area (Å²) in [6.07, 6.45) is 0. The molecule has 0 aromatic heterocycles. The smallest absolute Gasteiger partial charge is 0.161 e. The van der Waals surface area contributed by atoms with Crippen LogP contribution in [-0.4, -0.2) is 94.9 Å². The number of aliphatic hydroxyl groups excluding tert-OH is 1. The van der Waals surface area contributed by atoms with Gasteiger partial charge in [-0.15, -0.1) is 0 Å². The van der Waals surface area contributed by atoms with Crippen LogP contribution in [0.5, 0.6) is 11.5 Å². The highest BCUT2D eigenvalue weighted by molar-refractivity contribution is 5.42. The molecule has 1 N–H and O–H groups in total. The lowest BCUT2D eigenvalue weighted by Gasteiger charge is -2.34. The molecule has 0 radical (unpaired) electrons. The molecule has 1 saturated heterocycles. The maximum absolute atomic E-state index is 8.62. The van der Waals surface area contributed by atoms with Gasteiger partial charge in [-0.05, 0) is 17.7 Å². The van der Waals surface area contributed by atoms with Crippen molar-refractivity contribution in [1.29, 1.82) is 0 Å². The van der Waals surface area contributed by atoms with E-state index in [0.29, 0.717) is 19.8 Å². The minimum absolute atomic E-state index is 0.0631. The van der Waals surface area contributed by atoms with Gasteiger partial charge in [0.15, 0.2) is 11.5 Å². The van der Waals surface area contributed by atoms with Gasteiger partial charge in [0, 0.05) is 39.3 Å². The van der Waals surface area contributed by atoms with E-state index in [-0.39, 0.29) is 6.61 Å². The molecule has 1 aliphatic rings. The van der Waals surface area contributed by atoms with Gasteiger partial charge in [-0.1, -0.05) is 6.07 Å². The molecule has 1 heterocycles. The quantitative estimate of drug-likeness (QED) is 0.549. The van der Waals surface area contributed by atoms with Crippen LogP contribution in [0.2, 0.25) is 0 Å². The molecule has 7 nitrogen and oxygen atoms in total. The molecule has 1 aromatic rings. The SMILES string of the molecule is COc1ccc(CN2CCN(CCOCCOCCO)CC2)cc1OC. The first kappa shape index (κ1) is 20.9. The highest BCUT2D eigenvalue weighted by atomic mass is 16.5. The number of ether oxygens (including phenoxy) is 4. The summed E-state index contributed by atoms with van der Waals surface area (Å²) < 4.78 is 21.4. The third-order valence-electron chi connectivity index (χ3n) is 4.48.